The molecule has 0 saturated heterocycles. The van der Waals surface area contributed by atoms with Gasteiger partial charge in [-0.1, -0.05) is 30.3 Å². The van der Waals surface area contributed by atoms with Gasteiger partial charge in [0.15, 0.2) is 6.29 Å². The minimum absolute atomic E-state index is 0.282. The molecule has 124 valence electrons. The molecule has 5 nitrogen and oxygen atoms in total. The molecule has 2 heterocycles. The summed E-state index contributed by atoms with van der Waals surface area (Å²) in [5, 5.41) is 0. The molecule has 2 aromatic rings. The number of benzene rings is 1. The Morgan fingerprint density at radius 3 is 2.58 bits per heavy atom. The molecule has 1 aliphatic heterocycles. The Labute approximate surface area is 141 Å². The van der Waals surface area contributed by atoms with Gasteiger partial charge in [0, 0.05) is 32.0 Å². The second-order valence-corrected chi connectivity index (χ2v) is 5.85. The number of hydrogen-bond donors (Lipinski definition) is 0. The van der Waals surface area contributed by atoms with Gasteiger partial charge in [-0.05, 0) is 17.7 Å². The summed E-state index contributed by atoms with van der Waals surface area (Å²) in [5.74, 6) is -0.645. The molecule has 0 spiro atoms. The van der Waals surface area contributed by atoms with Crippen LogP contribution < -0.4 is 0 Å². The number of fused-ring (bicyclic) bond motifs is 1. The third-order valence-corrected chi connectivity index (χ3v) is 4.37. The predicted octanol–water partition coefficient (Wildman–Crippen LogP) is 2.43. The van der Waals surface area contributed by atoms with Crippen LogP contribution in [0.3, 0.4) is 0 Å². The minimum atomic E-state index is -0.363. The molecule has 0 amide bonds. The first-order valence-electron chi connectivity index (χ1n) is 7.85. The lowest BCUT2D eigenvalue weighted by Gasteiger charge is -2.28. The highest BCUT2D eigenvalue weighted by molar-refractivity contribution is 5.91. The van der Waals surface area contributed by atoms with Crippen molar-refractivity contribution >= 4 is 12.3 Å². The summed E-state index contributed by atoms with van der Waals surface area (Å²) in [7, 11) is 3.31. The van der Waals surface area contributed by atoms with Gasteiger partial charge in [-0.25, -0.2) is 4.79 Å². The van der Waals surface area contributed by atoms with Crippen molar-refractivity contribution in [2.24, 2.45) is 0 Å². The monoisotopic (exact) mass is 324 g/mol. The van der Waals surface area contributed by atoms with Gasteiger partial charge in [0.05, 0.1) is 24.3 Å². The first kappa shape index (κ1) is 16.1. The first-order valence-corrected chi connectivity index (χ1v) is 7.85. The Bertz CT molecular complexity index is 777. The molecular formula is C19H20N2O3. The van der Waals surface area contributed by atoms with Crippen molar-refractivity contribution in [3.05, 3.63) is 71.2 Å². The number of nitrogens with zero attached hydrogens (tertiary/aromatic N) is 2. The van der Waals surface area contributed by atoms with Gasteiger partial charge in [0.1, 0.15) is 0 Å². The number of likely N-dealkylation sites (N-methyl/N-ethyl adjacent to an activating group) is 1. The van der Waals surface area contributed by atoms with Crippen LogP contribution in [0.25, 0.3) is 0 Å². The highest BCUT2D eigenvalue weighted by Gasteiger charge is 2.30. The van der Waals surface area contributed by atoms with Crippen molar-refractivity contribution in [2.75, 3.05) is 20.7 Å². The Morgan fingerprint density at radius 1 is 1.17 bits per heavy atom. The van der Waals surface area contributed by atoms with Crippen molar-refractivity contribution in [3.8, 4) is 0 Å². The number of aromatic nitrogens is 1. The zero-order valence-electron chi connectivity index (χ0n) is 13.8. The second-order valence-electron chi connectivity index (χ2n) is 5.85. The molecule has 3 rings (SSSR count). The molecule has 1 atom stereocenters. The number of ether oxygens (including phenoxy) is 1. The van der Waals surface area contributed by atoms with Crippen LogP contribution in [0.5, 0.6) is 0 Å². The lowest BCUT2D eigenvalue weighted by atomic mass is 9.88. The Kier molecular flexibility index (Phi) is 4.51. The van der Waals surface area contributed by atoms with Crippen LogP contribution in [0.2, 0.25) is 0 Å². The van der Waals surface area contributed by atoms with Crippen molar-refractivity contribution in [2.45, 2.75) is 12.5 Å². The summed E-state index contributed by atoms with van der Waals surface area (Å²) in [4.78, 5) is 25.8. The maximum Gasteiger partial charge on any atom is 0.336 e. The van der Waals surface area contributed by atoms with Crippen LogP contribution in [-0.2, 0) is 16.1 Å². The SMILES string of the molecule is COC(=O)/C1=C/N(C)CCn2c(C=O)ccc2C1c1ccccc1. The van der Waals surface area contributed by atoms with Crippen LogP contribution in [0.4, 0.5) is 0 Å². The maximum absolute atomic E-state index is 12.5. The molecule has 0 fully saturated rings. The average molecular weight is 324 g/mol. The van der Waals surface area contributed by atoms with Gasteiger partial charge in [0.25, 0.3) is 0 Å². The van der Waals surface area contributed by atoms with Crippen molar-refractivity contribution < 1.29 is 14.3 Å². The van der Waals surface area contributed by atoms with E-state index >= 15 is 0 Å². The summed E-state index contributed by atoms with van der Waals surface area (Å²) >= 11 is 0. The first-order chi connectivity index (χ1) is 11.7. The third-order valence-electron chi connectivity index (χ3n) is 4.37. The molecule has 0 bridgehead atoms. The topological polar surface area (TPSA) is 51.5 Å². The average Bonchev–Trinajstić information content (AvgIpc) is 3.00. The fourth-order valence-electron chi connectivity index (χ4n) is 3.19. The Hall–Kier alpha value is -2.82. The quantitative estimate of drug-likeness (QED) is 0.643. The fraction of sp³-hybridized carbons (Fsp3) is 0.263. The van der Waals surface area contributed by atoms with Crippen molar-refractivity contribution in [1.29, 1.82) is 0 Å². The molecule has 1 aliphatic rings. The van der Waals surface area contributed by atoms with E-state index in [-0.39, 0.29) is 11.9 Å². The normalized spacial score (nSPS) is 19.5. The molecule has 0 saturated carbocycles. The van der Waals surface area contributed by atoms with Gasteiger partial charge in [-0.3, -0.25) is 4.79 Å². The highest BCUT2D eigenvalue weighted by atomic mass is 16.5. The minimum Gasteiger partial charge on any atom is -0.466 e. The van der Waals surface area contributed by atoms with E-state index in [0.29, 0.717) is 24.4 Å². The number of carbonyl (C=O) groups is 2. The predicted molar refractivity (Wildman–Crippen MR) is 90.8 cm³/mol. The molecule has 1 unspecified atom stereocenters. The number of carbonyl (C=O) groups excluding carboxylic acids is 2. The number of methoxy groups -OCH3 is 1. The fourth-order valence-corrected chi connectivity index (χ4v) is 3.19. The van der Waals surface area contributed by atoms with Gasteiger partial charge in [-0.15, -0.1) is 0 Å². The molecule has 1 aromatic carbocycles. The van der Waals surface area contributed by atoms with E-state index in [1.165, 1.54) is 7.11 Å². The number of aldehydes is 1. The van der Waals surface area contributed by atoms with Gasteiger partial charge < -0.3 is 14.2 Å². The largest absolute Gasteiger partial charge is 0.466 e. The number of esters is 1. The van der Waals surface area contributed by atoms with E-state index in [9.17, 15) is 9.59 Å². The standard InChI is InChI=1S/C19H20N2O3/c1-20-10-11-21-15(13-22)8-9-17(21)18(14-6-4-3-5-7-14)16(12-20)19(23)24-2/h3-9,12-13,18H,10-11H2,1-2H3/b16-12+. The molecule has 5 heteroatoms. The third kappa shape index (κ3) is 2.85. The maximum atomic E-state index is 12.5. The van der Waals surface area contributed by atoms with Crippen LogP contribution >= 0.6 is 0 Å². The zero-order chi connectivity index (χ0) is 17.1. The van der Waals surface area contributed by atoms with E-state index < -0.39 is 0 Å². The Balaban J connectivity index is 2.24. The lowest BCUT2D eigenvalue weighted by Crippen LogP contribution is -2.28. The van der Waals surface area contributed by atoms with E-state index in [0.717, 1.165) is 17.5 Å². The van der Waals surface area contributed by atoms with Crippen molar-refractivity contribution in [1.82, 2.24) is 9.47 Å². The van der Waals surface area contributed by atoms with Crippen LogP contribution in [-0.4, -0.2) is 42.4 Å². The van der Waals surface area contributed by atoms with Gasteiger partial charge in [0.2, 0.25) is 0 Å². The van der Waals surface area contributed by atoms with Gasteiger partial charge in [-0.2, -0.15) is 0 Å². The second kappa shape index (κ2) is 6.74. The summed E-state index contributed by atoms with van der Waals surface area (Å²) in [6.45, 7) is 1.38. The molecule has 24 heavy (non-hydrogen) atoms. The Morgan fingerprint density at radius 2 is 1.92 bits per heavy atom. The number of hydrogen-bond acceptors (Lipinski definition) is 4. The molecule has 1 aromatic heterocycles. The molecule has 0 radical (unpaired) electrons. The smallest absolute Gasteiger partial charge is 0.336 e. The zero-order valence-corrected chi connectivity index (χ0v) is 13.8. The highest BCUT2D eigenvalue weighted by Crippen LogP contribution is 2.35. The lowest BCUT2D eigenvalue weighted by molar-refractivity contribution is -0.136. The van der Waals surface area contributed by atoms with Crippen molar-refractivity contribution in [3.63, 3.8) is 0 Å². The van der Waals surface area contributed by atoms with Gasteiger partial charge >= 0.3 is 5.97 Å². The molecular weight excluding hydrogens is 304 g/mol. The number of rotatable bonds is 3. The molecule has 0 aliphatic carbocycles. The van der Waals surface area contributed by atoms with E-state index in [1.54, 1.807) is 6.07 Å². The van der Waals surface area contributed by atoms with Crippen LogP contribution in [0.15, 0.2) is 54.2 Å². The molecule has 0 N–H and O–H groups in total. The van der Waals surface area contributed by atoms with E-state index in [1.807, 2.05) is 59.1 Å². The summed E-state index contributed by atoms with van der Waals surface area (Å²) in [6, 6.07) is 13.5. The van der Waals surface area contributed by atoms with E-state index in [4.69, 9.17) is 4.74 Å². The van der Waals surface area contributed by atoms with E-state index in [2.05, 4.69) is 0 Å². The summed E-state index contributed by atoms with van der Waals surface area (Å²) in [5.41, 5.74) is 3.09. The van der Waals surface area contributed by atoms with Crippen LogP contribution in [0.1, 0.15) is 27.7 Å². The summed E-state index contributed by atoms with van der Waals surface area (Å²) in [6.07, 6.45) is 2.70. The summed E-state index contributed by atoms with van der Waals surface area (Å²) < 4.78 is 7.00. The van der Waals surface area contributed by atoms with Crippen LogP contribution in [0, 0.1) is 0 Å².